The Kier molecular flexibility index (Phi) is 4.38. The van der Waals surface area contributed by atoms with Gasteiger partial charge in [0.2, 0.25) is 5.91 Å². The normalized spacial score (nSPS) is 24.1. The molecule has 19 heavy (non-hydrogen) atoms. The molecule has 2 aliphatic heterocycles. The van der Waals surface area contributed by atoms with E-state index in [1.54, 1.807) is 6.92 Å². The molecule has 0 saturated carbocycles. The summed E-state index contributed by atoms with van der Waals surface area (Å²) in [5.41, 5.74) is 0. The molecule has 2 saturated heterocycles. The van der Waals surface area contributed by atoms with Crippen molar-refractivity contribution in [2.75, 3.05) is 33.4 Å². The summed E-state index contributed by atoms with van der Waals surface area (Å²) in [6.07, 6.45) is 1.51. The monoisotopic (exact) mass is 271 g/mol. The molecule has 0 radical (unpaired) electrons. The molecule has 2 rings (SSSR count). The van der Waals surface area contributed by atoms with Gasteiger partial charge in [0, 0.05) is 33.0 Å². The molecule has 1 spiro atoms. The largest absolute Gasteiger partial charge is 0.347 e. The molecule has 0 bridgehead atoms. The van der Waals surface area contributed by atoms with Gasteiger partial charge in [-0.15, -0.1) is 0 Å². The molecule has 0 aromatic carbocycles. The van der Waals surface area contributed by atoms with Crippen molar-refractivity contribution in [2.24, 2.45) is 0 Å². The Morgan fingerprint density at radius 3 is 2.32 bits per heavy atom. The van der Waals surface area contributed by atoms with E-state index in [1.807, 2.05) is 4.90 Å². The molecule has 108 valence electrons. The average Bonchev–Trinajstić information content (AvgIpc) is 2.87. The molecule has 2 heterocycles. The highest BCUT2D eigenvalue weighted by molar-refractivity contribution is 5.96. The summed E-state index contributed by atoms with van der Waals surface area (Å²) in [4.78, 5) is 25.0. The molecule has 1 unspecified atom stereocenters. The lowest BCUT2D eigenvalue weighted by Crippen LogP contribution is -2.54. The lowest BCUT2D eigenvalue weighted by Gasteiger charge is -2.39. The van der Waals surface area contributed by atoms with Gasteiger partial charge in [-0.25, -0.2) is 4.79 Å². The Morgan fingerprint density at radius 1 is 1.21 bits per heavy atom. The van der Waals surface area contributed by atoms with Gasteiger partial charge >= 0.3 is 6.03 Å². The number of ether oxygens (including phenoxy) is 2. The first-order valence-corrected chi connectivity index (χ1v) is 6.61. The number of carbonyl (C=O) groups excluding carboxylic acids is 2. The first kappa shape index (κ1) is 14.2. The standard InChI is InChI=1S/C12H21N3O4/c1-9(10(16)14-11(17)13-2)15-5-3-12(4-6-15)18-7-8-19-12/h9H,3-8H2,1-2H3,(H2,13,14,16,17). The minimum absolute atomic E-state index is 0.288. The Labute approximate surface area is 112 Å². The molecule has 0 aromatic heterocycles. The summed E-state index contributed by atoms with van der Waals surface area (Å²) in [6.45, 7) is 4.54. The number of piperidine rings is 1. The van der Waals surface area contributed by atoms with Crippen molar-refractivity contribution in [3.63, 3.8) is 0 Å². The molecule has 2 aliphatic rings. The topological polar surface area (TPSA) is 79.9 Å². The highest BCUT2D eigenvalue weighted by Crippen LogP contribution is 2.31. The van der Waals surface area contributed by atoms with Crippen LogP contribution >= 0.6 is 0 Å². The van der Waals surface area contributed by atoms with Gasteiger partial charge in [-0.1, -0.05) is 0 Å². The Bertz CT molecular complexity index is 345. The number of likely N-dealkylation sites (tertiary alicyclic amines) is 1. The van der Waals surface area contributed by atoms with Crippen molar-refractivity contribution in [1.29, 1.82) is 0 Å². The Hall–Kier alpha value is -1.18. The molecular weight excluding hydrogens is 250 g/mol. The summed E-state index contributed by atoms with van der Waals surface area (Å²) in [5, 5.41) is 4.66. The number of hydrogen-bond donors (Lipinski definition) is 2. The summed E-state index contributed by atoms with van der Waals surface area (Å²) < 4.78 is 11.3. The fourth-order valence-corrected chi connectivity index (χ4v) is 2.48. The van der Waals surface area contributed by atoms with Crippen LogP contribution in [0.1, 0.15) is 19.8 Å². The van der Waals surface area contributed by atoms with Crippen molar-refractivity contribution in [3.8, 4) is 0 Å². The highest BCUT2D eigenvalue weighted by atomic mass is 16.7. The lowest BCUT2D eigenvalue weighted by molar-refractivity contribution is -0.188. The number of imide groups is 1. The van der Waals surface area contributed by atoms with E-state index in [1.165, 1.54) is 7.05 Å². The van der Waals surface area contributed by atoms with Gasteiger partial charge in [-0.2, -0.15) is 0 Å². The van der Waals surface area contributed by atoms with Crippen LogP contribution < -0.4 is 10.6 Å². The quantitative estimate of drug-likeness (QED) is 0.719. The molecule has 3 amide bonds. The van der Waals surface area contributed by atoms with Crippen LogP contribution in [0.2, 0.25) is 0 Å². The second kappa shape index (κ2) is 5.85. The molecule has 2 fully saturated rings. The Morgan fingerprint density at radius 2 is 1.79 bits per heavy atom. The fraction of sp³-hybridized carbons (Fsp3) is 0.833. The summed E-state index contributed by atoms with van der Waals surface area (Å²) in [6, 6.07) is -0.816. The highest BCUT2D eigenvalue weighted by Gasteiger charge is 2.41. The average molecular weight is 271 g/mol. The Balaban J connectivity index is 1.83. The van der Waals surface area contributed by atoms with Crippen LogP contribution in [0.25, 0.3) is 0 Å². The summed E-state index contributed by atoms with van der Waals surface area (Å²) in [7, 11) is 1.48. The number of nitrogens with zero attached hydrogens (tertiary/aromatic N) is 1. The second-order valence-electron chi connectivity index (χ2n) is 4.89. The second-order valence-corrected chi connectivity index (χ2v) is 4.89. The molecular formula is C12H21N3O4. The fourth-order valence-electron chi connectivity index (χ4n) is 2.48. The van der Waals surface area contributed by atoms with Crippen LogP contribution in [0.5, 0.6) is 0 Å². The van der Waals surface area contributed by atoms with Crippen LogP contribution in [0.15, 0.2) is 0 Å². The molecule has 7 heteroatoms. The van der Waals surface area contributed by atoms with E-state index in [0.29, 0.717) is 13.2 Å². The first-order valence-electron chi connectivity index (χ1n) is 6.61. The predicted molar refractivity (Wildman–Crippen MR) is 67.5 cm³/mol. The van der Waals surface area contributed by atoms with E-state index in [4.69, 9.17) is 9.47 Å². The van der Waals surface area contributed by atoms with E-state index < -0.39 is 11.8 Å². The summed E-state index contributed by atoms with van der Waals surface area (Å²) in [5.74, 6) is -0.725. The van der Waals surface area contributed by atoms with Crippen molar-refractivity contribution >= 4 is 11.9 Å². The molecule has 2 N–H and O–H groups in total. The van der Waals surface area contributed by atoms with E-state index in [9.17, 15) is 9.59 Å². The number of hydrogen-bond acceptors (Lipinski definition) is 5. The maximum atomic E-state index is 11.8. The lowest BCUT2D eigenvalue weighted by atomic mass is 10.0. The van der Waals surface area contributed by atoms with Crippen LogP contribution in [0.3, 0.4) is 0 Å². The van der Waals surface area contributed by atoms with Crippen LogP contribution in [-0.2, 0) is 14.3 Å². The third kappa shape index (κ3) is 3.23. The number of rotatable bonds is 2. The van der Waals surface area contributed by atoms with Crippen molar-refractivity contribution < 1.29 is 19.1 Å². The van der Waals surface area contributed by atoms with Crippen molar-refractivity contribution in [3.05, 3.63) is 0 Å². The van der Waals surface area contributed by atoms with Gasteiger partial charge in [0.1, 0.15) is 0 Å². The number of carbonyl (C=O) groups is 2. The van der Waals surface area contributed by atoms with Gasteiger partial charge in [0.15, 0.2) is 5.79 Å². The minimum Gasteiger partial charge on any atom is -0.347 e. The van der Waals surface area contributed by atoms with E-state index >= 15 is 0 Å². The van der Waals surface area contributed by atoms with Crippen LogP contribution in [0, 0.1) is 0 Å². The van der Waals surface area contributed by atoms with E-state index in [2.05, 4.69) is 10.6 Å². The third-order valence-corrected chi connectivity index (χ3v) is 3.76. The molecule has 1 atom stereocenters. The smallest absolute Gasteiger partial charge is 0.321 e. The first-order chi connectivity index (χ1) is 9.06. The molecule has 0 aromatic rings. The zero-order valence-corrected chi connectivity index (χ0v) is 11.4. The third-order valence-electron chi connectivity index (χ3n) is 3.76. The van der Waals surface area contributed by atoms with E-state index in [-0.39, 0.29) is 11.9 Å². The summed E-state index contributed by atoms with van der Waals surface area (Å²) >= 11 is 0. The molecule has 0 aliphatic carbocycles. The van der Waals surface area contributed by atoms with Gasteiger partial charge < -0.3 is 14.8 Å². The number of amides is 3. The molecule has 7 nitrogen and oxygen atoms in total. The van der Waals surface area contributed by atoms with Gasteiger partial charge in [0.25, 0.3) is 0 Å². The van der Waals surface area contributed by atoms with Crippen LogP contribution in [-0.4, -0.2) is 62.0 Å². The predicted octanol–water partition coefficient (Wildman–Crippen LogP) is -0.331. The minimum atomic E-state index is -0.479. The van der Waals surface area contributed by atoms with Crippen LogP contribution in [0.4, 0.5) is 4.79 Å². The maximum Gasteiger partial charge on any atom is 0.321 e. The van der Waals surface area contributed by atoms with Gasteiger partial charge in [-0.3, -0.25) is 15.0 Å². The van der Waals surface area contributed by atoms with Crippen molar-refractivity contribution in [1.82, 2.24) is 15.5 Å². The van der Waals surface area contributed by atoms with Crippen molar-refractivity contribution in [2.45, 2.75) is 31.6 Å². The zero-order chi connectivity index (χ0) is 13.9. The SMILES string of the molecule is CNC(=O)NC(=O)C(C)N1CCC2(CC1)OCCO2. The number of urea groups is 1. The zero-order valence-electron chi connectivity index (χ0n) is 11.4. The van der Waals surface area contributed by atoms with Gasteiger partial charge in [0.05, 0.1) is 19.3 Å². The van der Waals surface area contributed by atoms with E-state index in [0.717, 1.165) is 25.9 Å². The maximum absolute atomic E-state index is 11.8. The number of nitrogens with one attached hydrogen (secondary N) is 2. The van der Waals surface area contributed by atoms with Gasteiger partial charge in [-0.05, 0) is 6.92 Å².